The minimum Gasteiger partial charge on any atom is -0.499 e. The Balaban J connectivity index is 1.26. The van der Waals surface area contributed by atoms with Crippen molar-refractivity contribution >= 4 is 29.8 Å². The van der Waals surface area contributed by atoms with Crippen LogP contribution in [0, 0.1) is 0 Å². The van der Waals surface area contributed by atoms with Gasteiger partial charge < -0.3 is 44.1 Å². The van der Waals surface area contributed by atoms with Gasteiger partial charge >= 0.3 is 11.9 Å². The Hall–Kier alpha value is -5.34. The predicted molar refractivity (Wildman–Crippen MR) is 213 cm³/mol. The van der Waals surface area contributed by atoms with Crippen molar-refractivity contribution in [3.63, 3.8) is 0 Å². The Kier molecular flexibility index (Phi) is 13.8. The largest absolute Gasteiger partial charge is 0.499 e. The third kappa shape index (κ3) is 10.2. The number of ether oxygens (including phenoxy) is 5. The fraction of sp³-hybridized carbons (Fsp3) is 0.422. The standard InChI is InChI=1S/C45H52N2O11/c1-44(2,3)57-39(50)20-19-35(29-49)46-41(51)36-18-11-22-47(36)42(52)32-27-37(55-43(53)31-13-10-12-30(26-31)21-24-54-25-23-48)40-38(28-32)56-45(58-40,33-14-6-4-7-15-33)34-16-8-5-9-17-34/h4-10,12-17,21,24,26,28,35-38,40,48-49H,11,18-20,22-23,25,27,29H2,1-3H3,(H,46,51)/t35-,36+,37+,38+,40-/m0/s1. The highest BCUT2D eigenvalue weighted by Crippen LogP contribution is 2.47. The number of fused-ring (bicyclic) bond motifs is 1. The summed E-state index contributed by atoms with van der Waals surface area (Å²) in [6, 6.07) is 24.1. The van der Waals surface area contributed by atoms with E-state index in [0.29, 0.717) is 41.6 Å². The molecule has 1 aliphatic carbocycles. The summed E-state index contributed by atoms with van der Waals surface area (Å²) in [5, 5.41) is 21.9. The number of rotatable bonds is 15. The fourth-order valence-corrected chi connectivity index (χ4v) is 7.46. The number of hydrogen-bond donors (Lipinski definition) is 3. The summed E-state index contributed by atoms with van der Waals surface area (Å²) in [5.74, 6) is -3.31. The maximum absolute atomic E-state index is 14.5. The molecule has 5 atom stereocenters. The number of amides is 2. The highest BCUT2D eigenvalue weighted by atomic mass is 16.8. The Morgan fingerprint density at radius 1 is 0.966 bits per heavy atom. The minimum absolute atomic E-state index is 0.00119. The molecule has 13 nitrogen and oxygen atoms in total. The van der Waals surface area contributed by atoms with Crippen molar-refractivity contribution in [3.05, 3.63) is 125 Å². The van der Waals surface area contributed by atoms with Crippen LogP contribution in [0.3, 0.4) is 0 Å². The van der Waals surface area contributed by atoms with Crippen molar-refractivity contribution < 1.29 is 53.1 Å². The molecular formula is C45H52N2O11. The third-order valence-corrected chi connectivity index (χ3v) is 10.1. The summed E-state index contributed by atoms with van der Waals surface area (Å²) in [4.78, 5) is 55.9. The van der Waals surface area contributed by atoms with Crippen LogP contribution in [0.1, 0.15) is 79.9 Å². The second-order valence-electron chi connectivity index (χ2n) is 15.5. The Bertz CT molecular complexity index is 1920. The monoisotopic (exact) mass is 796 g/mol. The summed E-state index contributed by atoms with van der Waals surface area (Å²) in [6.45, 7) is 5.22. The van der Waals surface area contributed by atoms with Crippen LogP contribution >= 0.6 is 0 Å². The zero-order valence-corrected chi connectivity index (χ0v) is 33.1. The average Bonchev–Trinajstić information content (AvgIpc) is 3.88. The van der Waals surface area contributed by atoms with Gasteiger partial charge in [-0.3, -0.25) is 14.4 Å². The van der Waals surface area contributed by atoms with Crippen molar-refractivity contribution in [1.82, 2.24) is 10.2 Å². The molecule has 0 radical (unpaired) electrons. The predicted octanol–water partition coefficient (Wildman–Crippen LogP) is 4.80. The second kappa shape index (κ2) is 18.9. The third-order valence-electron chi connectivity index (χ3n) is 10.1. The van der Waals surface area contributed by atoms with Gasteiger partial charge in [-0.05, 0) is 69.9 Å². The van der Waals surface area contributed by atoms with Gasteiger partial charge in [-0.25, -0.2) is 4.79 Å². The second-order valence-corrected chi connectivity index (χ2v) is 15.5. The van der Waals surface area contributed by atoms with Crippen LogP contribution < -0.4 is 5.32 Å². The molecular weight excluding hydrogens is 744 g/mol. The Morgan fingerprint density at radius 3 is 2.33 bits per heavy atom. The van der Waals surface area contributed by atoms with E-state index in [2.05, 4.69) is 5.32 Å². The molecule has 6 rings (SSSR count). The van der Waals surface area contributed by atoms with Gasteiger partial charge in [-0.1, -0.05) is 72.8 Å². The molecule has 0 spiro atoms. The summed E-state index contributed by atoms with van der Waals surface area (Å²) in [7, 11) is 0. The Morgan fingerprint density at radius 2 is 1.67 bits per heavy atom. The molecule has 0 aromatic heterocycles. The van der Waals surface area contributed by atoms with Crippen LogP contribution in [0.5, 0.6) is 0 Å². The van der Waals surface area contributed by atoms with Crippen molar-refractivity contribution in [1.29, 1.82) is 0 Å². The number of carbonyl (C=O) groups excluding carboxylic acids is 4. The summed E-state index contributed by atoms with van der Waals surface area (Å²) < 4.78 is 30.5. The molecule has 308 valence electrons. The van der Waals surface area contributed by atoms with Gasteiger partial charge in [0, 0.05) is 36.1 Å². The van der Waals surface area contributed by atoms with E-state index < -0.39 is 72.1 Å². The smallest absolute Gasteiger partial charge is 0.338 e. The molecule has 58 heavy (non-hydrogen) atoms. The Labute approximate surface area is 338 Å². The van der Waals surface area contributed by atoms with E-state index in [0.717, 1.165) is 0 Å². The maximum Gasteiger partial charge on any atom is 0.338 e. The topological polar surface area (TPSA) is 170 Å². The van der Waals surface area contributed by atoms with Crippen molar-refractivity contribution in [2.75, 3.05) is 26.4 Å². The molecule has 2 saturated heterocycles. The van der Waals surface area contributed by atoms with Crippen LogP contribution in [0.4, 0.5) is 0 Å². The first-order chi connectivity index (χ1) is 27.9. The molecule has 3 N–H and O–H groups in total. The zero-order chi connectivity index (χ0) is 41.3. The van der Waals surface area contributed by atoms with E-state index in [9.17, 15) is 24.3 Å². The van der Waals surface area contributed by atoms with Crippen molar-refractivity contribution in [2.45, 2.75) is 94.7 Å². The molecule has 2 amide bonds. The molecule has 2 heterocycles. The minimum atomic E-state index is -1.40. The zero-order valence-electron chi connectivity index (χ0n) is 33.1. The number of aliphatic hydroxyl groups excluding tert-OH is 2. The molecule has 3 aromatic carbocycles. The van der Waals surface area contributed by atoms with Crippen LogP contribution in [0.25, 0.3) is 6.08 Å². The molecule has 3 aliphatic rings. The van der Waals surface area contributed by atoms with Crippen LogP contribution in [-0.4, -0.2) is 101 Å². The van der Waals surface area contributed by atoms with Crippen molar-refractivity contribution in [3.8, 4) is 0 Å². The fourth-order valence-electron chi connectivity index (χ4n) is 7.46. The van der Waals surface area contributed by atoms with Crippen LogP contribution in [0.15, 0.2) is 103 Å². The number of carbonyl (C=O) groups is 4. The number of nitrogens with zero attached hydrogens (tertiary/aromatic N) is 1. The van der Waals surface area contributed by atoms with E-state index in [1.807, 2.05) is 60.7 Å². The lowest BCUT2D eigenvalue weighted by atomic mass is 9.91. The molecule has 13 heteroatoms. The quantitative estimate of drug-likeness (QED) is 0.110. The van der Waals surface area contributed by atoms with E-state index in [4.69, 9.17) is 28.8 Å². The van der Waals surface area contributed by atoms with Gasteiger partial charge in [0.1, 0.15) is 36.6 Å². The number of hydrogen-bond acceptors (Lipinski definition) is 11. The van der Waals surface area contributed by atoms with Gasteiger partial charge in [0.15, 0.2) is 0 Å². The van der Waals surface area contributed by atoms with Gasteiger partial charge in [0.25, 0.3) is 0 Å². The van der Waals surface area contributed by atoms with Crippen LogP contribution in [0.2, 0.25) is 0 Å². The van der Waals surface area contributed by atoms with E-state index in [-0.39, 0.29) is 38.0 Å². The van der Waals surface area contributed by atoms with E-state index in [1.54, 1.807) is 57.2 Å². The lowest BCUT2D eigenvalue weighted by Crippen LogP contribution is -2.51. The molecule has 2 fully saturated rings. The van der Waals surface area contributed by atoms with Gasteiger partial charge in [-0.15, -0.1) is 0 Å². The highest BCUT2D eigenvalue weighted by Gasteiger charge is 2.55. The maximum atomic E-state index is 14.5. The first-order valence-electron chi connectivity index (χ1n) is 19.7. The highest BCUT2D eigenvalue weighted by molar-refractivity contribution is 5.98. The van der Waals surface area contributed by atoms with Gasteiger partial charge in [0.2, 0.25) is 17.6 Å². The number of aliphatic hydroxyl groups is 2. The first-order valence-corrected chi connectivity index (χ1v) is 19.7. The molecule has 0 unspecified atom stereocenters. The lowest BCUT2D eigenvalue weighted by molar-refractivity contribution is -0.157. The average molecular weight is 797 g/mol. The number of nitrogens with one attached hydrogen (secondary N) is 1. The molecule has 0 saturated carbocycles. The lowest BCUT2D eigenvalue weighted by Gasteiger charge is -2.33. The summed E-state index contributed by atoms with van der Waals surface area (Å²) in [6.07, 6.45) is 3.33. The van der Waals surface area contributed by atoms with Gasteiger partial charge in [-0.2, -0.15) is 0 Å². The molecule has 2 aliphatic heterocycles. The van der Waals surface area contributed by atoms with Gasteiger partial charge in [0.05, 0.1) is 31.1 Å². The normalized spacial score (nSPS) is 21.8. The summed E-state index contributed by atoms with van der Waals surface area (Å²) in [5.41, 5.74) is 2.01. The first kappa shape index (κ1) is 42.3. The van der Waals surface area contributed by atoms with Crippen molar-refractivity contribution in [2.24, 2.45) is 0 Å². The number of esters is 2. The number of benzene rings is 3. The molecule has 3 aromatic rings. The van der Waals surface area contributed by atoms with E-state index in [1.165, 1.54) is 11.2 Å². The summed E-state index contributed by atoms with van der Waals surface area (Å²) >= 11 is 0. The SMILES string of the molecule is CC(C)(C)OC(=O)CC[C@@H](CO)NC(=O)[C@H]1CCCN1C(=O)C1=C[C@H]2OC(c3ccccc3)(c3ccccc3)O[C@H]2[C@H](OC(=O)c2cccc(C=COCCO)c2)C1. The van der Waals surface area contributed by atoms with Crippen LogP contribution in [-0.2, 0) is 43.9 Å². The molecule has 0 bridgehead atoms. The van der Waals surface area contributed by atoms with E-state index >= 15 is 0 Å². The number of likely N-dealkylation sites (tertiary alicyclic amines) is 1.